The second kappa shape index (κ2) is 11.7. The molecule has 0 spiro atoms. The van der Waals surface area contributed by atoms with Gasteiger partial charge in [-0.2, -0.15) is 0 Å². The summed E-state index contributed by atoms with van der Waals surface area (Å²) in [5.41, 5.74) is 0. The molecule has 0 aliphatic carbocycles. The predicted molar refractivity (Wildman–Crippen MR) is 165 cm³/mol. The number of hydrogen-bond acceptors (Lipinski definition) is 3. The molecular weight excluding hydrogens is 535 g/mol. The first-order valence-corrected chi connectivity index (χ1v) is 20.9. The summed E-state index contributed by atoms with van der Waals surface area (Å²) < 4.78 is 12.2. The van der Waals surface area contributed by atoms with E-state index in [1.165, 1.54) is 38.1 Å². The van der Waals surface area contributed by atoms with Crippen LogP contribution in [0.25, 0.3) is 0 Å². The minimum absolute atomic E-state index is 0.0613. The van der Waals surface area contributed by atoms with Gasteiger partial charge in [0.2, 0.25) is 0 Å². The number of benzene rings is 1. The van der Waals surface area contributed by atoms with Crippen LogP contribution in [0.15, 0.2) is 18.2 Å². The van der Waals surface area contributed by atoms with Crippen molar-refractivity contribution in [2.45, 2.75) is 135 Å². The second-order valence-electron chi connectivity index (χ2n) is 13.9. The Kier molecular flexibility index (Phi) is 11.1. The van der Waals surface area contributed by atoms with Crippen LogP contribution < -0.4 is 10.0 Å². The van der Waals surface area contributed by atoms with Crippen LogP contribution in [-0.2, 0) is 4.43 Å². The number of phenols is 1. The van der Waals surface area contributed by atoms with Crippen molar-refractivity contribution < 1.29 is 14.3 Å². The van der Waals surface area contributed by atoms with E-state index < -0.39 is 13.6 Å². The zero-order valence-corrected chi connectivity index (χ0v) is 28.5. The summed E-state index contributed by atoms with van der Waals surface area (Å²) in [5, 5.41) is 8.64. The third kappa shape index (κ3) is 6.49. The molecule has 0 saturated heterocycles. The molecule has 0 aliphatic rings. The van der Waals surface area contributed by atoms with E-state index in [-0.39, 0.29) is 15.5 Å². The van der Waals surface area contributed by atoms with Crippen LogP contribution in [0, 0.1) is 0 Å². The Morgan fingerprint density at radius 2 is 1.26 bits per heavy atom. The molecule has 0 radical (unpaired) electrons. The van der Waals surface area contributed by atoms with Crippen LogP contribution in [0.3, 0.4) is 0 Å². The first kappa shape index (κ1) is 32.9. The van der Waals surface area contributed by atoms with Crippen molar-refractivity contribution in [1.29, 1.82) is 0 Å². The van der Waals surface area contributed by atoms with Crippen LogP contribution in [-0.4, -0.2) is 42.6 Å². The molecule has 0 atom stereocenters. The topological polar surface area (TPSA) is 38.7 Å². The number of ether oxygens (including phenoxy) is 1. The summed E-state index contributed by atoms with van der Waals surface area (Å²) in [6, 6.07) is 6.99. The summed E-state index contributed by atoms with van der Waals surface area (Å²) in [6.45, 7) is 26.4. The maximum atomic E-state index is 10.6. The average Bonchev–Trinajstić information content (AvgIpc) is 2.70. The fourth-order valence-corrected chi connectivity index (χ4v) is 18.0. The van der Waals surface area contributed by atoms with Gasteiger partial charge in [0.25, 0.3) is 0 Å². The molecule has 6 heteroatoms. The van der Waals surface area contributed by atoms with Crippen molar-refractivity contribution in [3.8, 4) is 11.5 Å². The van der Waals surface area contributed by atoms with Crippen LogP contribution in [0.1, 0.15) is 101 Å². The summed E-state index contributed by atoms with van der Waals surface area (Å²) in [5.74, 6) is 1.22. The molecule has 35 heavy (non-hydrogen) atoms. The van der Waals surface area contributed by atoms with E-state index in [9.17, 15) is 5.11 Å². The van der Waals surface area contributed by atoms with Gasteiger partial charge in [-0.05, 0) is 13.1 Å². The Bertz CT molecular complexity index is 780. The fourth-order valence-electron chi connectivity index (χ4n) is 6.70. The third-order valence-electron chi connectivity index (χ3n) is 8.16. The van der Waals surface area contributed by atoms with Crippen LogP contribution in [0.2, 0.25) is 19.1 Å². The predicted octanol–water partition coefficient (Wildman–Crippen LogP) is 9.85. The Morgan fingerprint density at radius 3 is 1.71 bits per heavy atom. The van der Waals surface area contributed by atoms with Gasteiger partial charge in [0.1, 0.15) is 0 Å². The van der Waals surface area contributed by atoms with Crippen molar-refractivity contribution in [2.24, 2.45) is 0 Å². The van der Waals surface area contributed by atoms with E-state index in [1.807, 2.05) is 19.2 Å². The molecule has 1 aromatic rings. The molecule has 206 valence electrons. The maximum absolute atomic E-state index is 10.6. The van der Waals surface area contributed by atoms with Crippen LogP contribution in [0.5, 0.6) is 11.5 Å². The number of halogens is 1. The minimum atomic E-state index is -2.96. The van der Waals surface area contributed by atoms with Crippen molar-refractivity contribution in [1.82, 2.24) is 0 Å². The van der Waals surface area contributed by atoms with Gasteiger partial charge in [-0.15, -0.1) is 0 Å². The van der Waals surface area contributed by atoms with Crippen molar-refractivity contribution in [3.63, 3.8) is 0 Å². The SMILES string of the molecule is CO[Si](C)(C)CCCCCCCCOc1ccc(O)cc1P(Br)(C(C)(C)C)(C(C)(C)C)C(C)(C)C. The van der Waals surface area contributed by atoms with E-state index in [4.69, 9.17) is 9.16 Å². The van der Waals surface area contributed by atoms with Gasteiger partial charge in [0, 0.05) is 7.11 Å². The summed E-state index contributed by atoms with van der Waals surface area (Å²) in [7, 11) is 0.455. The first-order chi connectivity index (χ1) is 15.7. The van der Waals surface area contributed by atoms with Crippen molar-refractivity contribution >= 4 is 34.4 Å². The van der Waals surface area contributed by atoms with Gasteiger partial charge in [0.15, 0.2) is 0 Å². The Hall–Kier alpha value is -0.0931. The monoisotopic (exact) mass is 590 g/mol. The van der Waals surface area contributed by atoms with E-state index in [0.29, 0.717) is 12.4 Å². The zero-order chi connectivity index (χ0) is 27.4. The van der Waals surface area contributed by atoms with E-state index in [2.05, 4.69) is 90.9 Å². The number of phenolic OH excluding ortho intramolecular Hbond substituents is 1. The number of rotatable bonds is 12. The summed E-state index contributed by atoms with van der Waals surface area (Å²) in [4.78, 5) is 0. The molecule has 0 aliphatic heterocycles. The van der Waals surface area contributed by atoms with Gasteiger partial charge >= 0.3 is 203 Å². The molecule has 1 N–H and O–H groups in total. The average molecular weight is 592 g/mol. The number of aromatic hydroxyl groups is 1. The molecule has 1 aromatic carbocycles. The molecule has 0 aromatic heterocycles. The normalized spacial score (nSPS) is 15.1. The quantitative estimate of drug-likeness (QED) is 0.149. The zero-order valence-electron chi connectivity index (χ0n) is 25.0. The molecule has 0 fully saturated rings. The molecule has 0 unspecified atom stereocenters. The van der Waals surface area contributed by atoms with Gasteiger partial charge < -0.3 is 4.43 Å². The number of hydrogen-bond donors (Lipinski definition) is 1. The number of unbranched alkanes of at least 4 members (excludes halogenated alkanes) is 5. The second-order valence-corrected chi connectivity index (χ2v) is 29.1. The van der Waals surface area contributed by atoms with E-state index in [0.717, 1.165) is 17.5 Å². The standard InChI is InChI=1S/C29H56BrO3PSi/c1-27(2,3)34(30,28(4,5)6,29(7,8)9)26-23-24(31)19-20-25(26)33-21-17-15-13-14-16-18-22-35(11,12)32-10/h19-20,23,31H,13-18,21-22H2,1-12H3. The first-order valence-electron chi connectivity index (χ1n) is 13.5. The molecule has 0 heterocycles. The Labute approximate surface area is 226 Å². The Morgan fingerprint density at radius 1 is 0.800 bits per heavy atom. The van der Waals surface area contributed by atoms with Gasteiger partial charge in [-0.25, -0.2) is 0 Å². The van der Waals surface area contributed by atoms with Crippen LogP contribution >= 0.6 is 20.8 Å². The van der Waals surface area contributed by atoms with Gasteiger partial charge in [0.05, 0.1) is 0 Å². The molecule has 3 nitrogen and oxygen atoms in total. The van der Waals surface area contributed by atoms with Crippen molar-refractivity contribution in [3.05, 3.63) is 18.2 Å². The van der Waals surface area contributed by atoms with Gasteiger partial charge in [-0.1, -0.05) is 0 Å². The summed E-state index contributed by atoms with van der Waals surface area (Å²) in [6.07, 6.45) is 7.36. The molecule has 1 rings (SSSR count). The molecule has 0 amide bonds. The van der Waals surface area contributed by atoms with Crippen LogP contribution in [0.4, 0.5) is 0 Å². The fraction of sp³-hybridized carbons (Fsp3) is 0.793. The molecular formula is C29H56BrO3PSi. The van der Waals surface area contributed by atoms with E-state index in [1.54, 1.807) is 6.07 Å². The third-order valence-corrected chi connectivity index (χ3v) is 30.4. The molecule has 0 bridgehead atoms. The van der Waals surface area contributed by atoms with E-state index >= 15 is 0 Å². The Balaban J connectivity index is 3.03. The van der Waals surface area contributed by atoms with Crippen molar-refractivity contribution in [2.75, 3.05) is 13.7 Å². The molecule has 0 saturated carbocycles. The van der Waals surface area contributed by atoms with Gasteiger partial charge in [-0.3, -0.25) is 0 Å². The summed E-state index contributed by atoms with van der Waals surface area (Å²) >= 11 is 4.56.